The first kappa shape index (κ1) is 18.4. The summed E-state index contributed by atoms with van der Waals surface area (Å²) in [6.07, 6.45) is 1.08. The van der Waals surface area contributed by atoms with E-state index in [2.05, 4.69) is 9.71 Å². The number of aromatic nitrogens is 1. The van der Waals surface area contributed by atoms with Crippen molar-refractivity contribution in [1.82, 2.24) is 9.71 Å². The van der Waals surface area contributed by atoms with Crippen molar-refractivity contribution in [2.24, 2.45) is 0 Å². The van der Waals surface area contributed by atoms with Crippen molar-refractivity contribution in [3.05, 3.63) is 52.6 Å². The number of carboxylic acid groups (broad SMARTS) is 1. The van der Waals surface area contributed by atoms with E-state index in [0.29, 0.717) is 0 Å². The fraction of sp³-hybridized carbons (Fsp3) is 0.267. The number of aromatic amines is 1. The molecule has 3 N–H and O–H groups in total. The molecule has 0 unspecified atom stereocenters. The molecule has 0 aliphatic carbocycles. The number of halogens is 2. The second-order valence-corrected chi connectivity index (χ2v) is 8.03. The van der Waals surface area contributed by atoms with Crippen LogP contribution in [-0.4, -0.2) is 31.0 Å². The zero-order valence-corrected chi connectivity index (χ0v) is 14.5. The molecule has 0 spiro atoms. The maximum absolute atomic E-state index is 14.0. The van der Waals surface area contributed by atoms with Crippen molar-refractivity contribution in [1.29, 1.82) is 0 Å². The summed E-state index contributed by atoms with van der Waals surface area (Å²) in [5.74, 6) is -1.79. The molecule has 9 heteroatoms. The SMILES string of the molecule is CC(C)(CNS(=O)(=O)c1c[nH]c(C(=O)O)c1)c1c(F)cccc1Cl. The molecule has 130 valence electrons. The minimum Gasteiger partial charge on any atom is -0.477 e. The monoisotopic (exact) mass is 374 g/mol. The Bertz CT molecular complexity index is 857. The molecule has 0 amide bonds. The highest BCUT2D eigenvalue weighted by molar-refractivity contribution is 7.89. The van der Waals surface area contributed by atoms with Crippen molar-refractivity contribution < 1.29 is 22.7 Å². The van der Waals surface area contributed by atoms with Crippen LogP contribution in [-0.2, 0) is 15.4 Å². The Balaban J connectivity index is 2.23. The van der Waals surface area contributed by atoms with Gasteiger partial charge in [-0.15, -0.1) is 0 Å². The number of carbonyl (C=O) groups is 1. The summed E-state index contributed by atoms with van der Waals surface area (Å²) in [6, 6.07) is 5.26. The Morgan fingerprint density at radius 1 is 1.42 bits per heavy atom. The second-order valence-electron chi connectivity index (χ2n) is 5.86. The zero-order chi connectivity index (χ0) is 18.1. The van der Waals surface area contributed by atoms with Crippen LogP contribution in [0.3, 0.4) is 0 Å². The third-order valence-electron chi connectivity index (χ3n) is 3.54. The van der Waals surface area contributed by atoms with E-state index in [0.717, 1.165) is 12.3 Å². The highest BCUT2D eigenvalue weighted by Crippen LogP contribution is 2.32. The Hall–Kier alpha value is -1.90. The van der Waals surface area contributed by atoms with Crippen molar-refractivity contribution in [3.63, 3.8) is 0 Å². The van der Waals surface area contributed by atoms with Gasteiger partial charge >= 0.3 is 5.97 Å². The summed E-state index contributed by atoms with van der Waals surface area (Å²) in [6.45, 7) is 3.18. The van der Waals surface area contributed by atoms with Crippen molar-refractivity contribution >= 4 is 27.6 Å². The third-order valence-corrected chi connectivity index (χ3v) is 5.24. The van der Waals surface area contributed by atoms with Gasteiger partial charge < -0.3 is 10.1 Å². The van der Waals surface area contributed by atoms with E-state index in [9.17, 15) is 17.6 Å². The molecule has 0 saturated heterocycles. The van der Waals surface area contributed by atoms with Gasteiger partial charge in [0.15, 0.2) is 0 Å². The van der Waals surface area contributed by atoms with Gasteiger partial charge in [0.25, 0.3) is 0 Å². The summed E-state index contributed by atoms with van der Waals surface area (Å²) >= 11 is 6.03. The first-order valence-corrected chi connectivity index (χ1v) is 8.76. The Morgan fingerprint density at radius 2 is 2.08 bits per heavy atom. The number of nitrogens with one attached hydrogen (secondary N) is 2. The zero-order valence-electron chi connectivity index (χ0n) is 12.9. The lowest BCUT2D eigenvalue weighted by Gasteiger charge is -2.27. The van der Waals surface area contributed by atoms with Crippen LogP contribution >= 0.6 is 11.6 Å². The van der Waals surface area contributed by atoms with Crippen LogP contribution in [0.4, 0.5) is 4.39 Å². The van der Waals surface area contributed by atoms with Crippen LogP contribution in [0.15, 0.2) is 35.4 Å². The fourth-order valence-corrected chi connectivity index (χ4v) is 3.87. The molecule has 2 rings (SSSR count). The van der Waals surface area contributed by atoms with E-state index in [1.165, 1.54) is 18.2 Å². The van der Waals surface area contributed by atoms with E-state index in [-0.39, 0.29) is 27.7 Å². The molecule has 0 aliphatic heterocycles. The molecule has 0 fully saturated rings. The molecular formula is C15H16ClFN2O4S. The van der Waals surface area contributed by atoms with Gasteiger partial charge in [0.05, 0.1) is 0 Å². The third kappa shape index (κ3) is 3.77. The van der Waals surface area contributed by atoms with Crippen molar-refractivity contribution in [2.75, 3.05) is 6.54 Å². The highest BCUT2D eigenvalue weighted by Gasteiger charge is 2.29. The van der Waals surface area contributed by atoms with Crippen LogP contribution in [0.2, 0.25) is 5.02 Å². The molecule has 0 bridgehead atoms. The molecule has 1 aromatic carbocycles. The molecule has 1 aromatic heterocycles. The van der Waals surface area contributed by atoms with Gasteiger partial charge in [-0.25, -0.2) is 22.3 Å². The molecule has 2 aromatic rings. The maximum atomic E-state index is 14.0. The summed E-state index contributed by atoms with van der Waals surface area (Å²) in [5, 5.41) is 9.03. The molecule has 1 heterocycles. The average Bonchev–Trinajstić information content (AvgIpc) is 2.96. The molecule has 6 nitrogen and oxygen atoms in total. The molecule has 0 atom stereocenters. The number of sulfonamides is 1. The predicted octanol–water partition coefficient (Wildman–Crippen LogP) is 2.76. The van der Waals surface area contributed by atoms with E-state index >= 15 is 0 Å². The van der Waals surface area contributed by atoms with Crippen LogP contribution in [0, 0.1) is 5.82 Å². The number of aromatic carboxylic acids is 1. The number of carboxylic acids is 1. The lowest BCUT2D eigenvalue weighted by molar-refractivity contribution is 0.0691. The summed E-state index contributed by atoms with van der Waals surface area (Å²) < 4.78 is 40.9. The molecule has 0 aliphatic rings. The smallest absolute Gasteiger partial charge is 0.352 e. The number of hydrogen-bond acceptors (Lipinski definition) is 3. The maximum Gasteiger partial charge on any atom is 0.352 e. The van der Waals surface area contributed by atoms with Crippen molar-refractivity contribution in [3.8, 4) is 0 Å². The second kappa shape index (κ2) is 6.54. The highest BCUT2D eigenvalue weighted by atomic mass is 35.5. The quantitative estimate of drug-likeness (QED) is 0.723. The van der Waals surface area contributed by atoms with Gasteiger partial charge in [-0.2, -0.15) is 0 Å². The first-order valence-electron chi connectivity index (χ1n) is 6.90. The largest absolute Gasteiger partial charge is 0.477 e. The molecule has 0 radical (unpaired) electrons. The van der Waals surface area contributed by atoms with Crippen LogP contribution < -0.4 is 4.72 Å². The van der Waals surface area contributed by atoms with Crippen LogP contribution in [0.5, 0.6) is 0 Å². The molecule has 24 heavy (non-hydrogen) atoms. The summed E-state index contributed by atoms with van der Waals surface area (Å²) in [5.41, 5.74) is -0.956. The summed E-state index contributed by atoms with van der Waals surface area (Å²) in [4.78, 5) is 13.0. The van der Waals surface area contributed by atoms with Gasteiger partial charge in [0, 0.05) is 28.7 Å². The minimum absolute atomic E-state index is 0.121. The Morgan fingerprint density at radius 3 is 2.62 bits per heavy atom. The normalized spacial score (nSPS) is 12.3. The number of benzene rings is 1. The van der Waals surface area contributed by atoms with Crippen LogP contribution in [0.1, 0.15) is 29.9 Å². The molecular weight excluding hydrogens is 359 g/mol. The van der Waals surface area contributed by atoms with E-state index in [4.69, 9.17) is 16.7 Å². The minimum atomic E-state index is -3.95. The Kier molecular flexibility index (Phi) is 5.03. The van der Waals surface area contributed by atoms with Gasteiger partial charge in [0.2, 0.25) is 10.0 Å². The summed E-state index contributed by atoms with van der Waals surface area (Å²) in [7, 11) is -3.95. The van der Waals surface area contributed by atoms with Crippen molar-refractivity contribution in [2.45, 2.75) is 24.2 Å². The van der Waals surface area contributed by atoms with Gasteiger partial charge in [0.1, 0.15) is 16.4 Å². The predicted molar refractivity (Wildman–Crippen MR) is 87.4 cm³/mol. The lowest BCUT2D eigenvalue weighted by atomic mass is 9.84. The van der Waals surface area contributed by atoms with Gasteiger partial charge in [-0.3, -0.25) is 0 Å². The lowest BCUT2D eigenvalue weighted by Crippen LogP contribution is -2.37. The average molecular weight is 375 g/mol. The first-order chi connectivity index (χ1) is 11.0. The van der Waals surface area contributed by atoms with E-state index in [1.54, 1.807) is 13.8 Å². The number of hydrogen-bond donors (Lipinski definition) is 3. The van der Waals surface area contributed by atoms with Crippen LogP contribution in [0.25, 0.3) is 0 Å². The standard InChI is InChI=1S/C15H16ClFN2O4S/c1-15(2,13-10(16)4-3-5-11(13)17)8-19-24(22,23)9-6-12(14(20)21)18-7-9/h3-7,18-19H,8H2,1-2H3,(H,20,21). The topological polar surface area (TPSA) is 99.3 Å². The van der Waals surface area contributed by atoms with E-state index < -0.39 is 27.2 Å². The fourth-order valence-electron chi connectivity index (χ4n) is 2.24. The number of rotatable bonds is 6. The van der Waals surface area contributed by atoms with E-state index in [1.807, 2.05) is 0 Å². The van der Waals surface area contributed by atoms with Gasteiger partial charge in [-0.1, -0.05) is 31.5 Å². The van der Waals surface area contributed by atoms with Gasteiger partial charge in [-0.05, 0) is 18.2 Å². The number of H-pyrrole nitrogens is 1. The molecule has 0 saturated carbocycles. The Labute approximate surface area is 143 Å².